The van der Waals surface area contributed by atoms with E-state index < -0.39 is 11.6 Å². The quantitative estimate of drug-likeness (QED) is 0.451. The highest BCUT2D eigenvalue weighted by Gasteiger charge is 2.11. The number of rotatable bonds is 6. The first-order valence-corrected chi connectivity index (χ1v) is 9.10. The first-order chi connectivity index (χ1) is 12.9. The van der Waals surface area contributed by atoms with Crippen molar-refractivity contribution in [2.75, 3.05) is 5.32 Å². The van der Waals surface area contributed by atoms with Crippen LogP contribution >= 0.6 is 34.8 Å². The monoisotopic (exact) mass is 427 g/mol. The maximum atomic E-state index is 13.9. The summed E-state index contributed by atoms with van der Waals surface area (Å²) in [5.41, 5.74) is 1.67. The van der Waals surface area contributed by atoms with Gasteiger partial charge in [0.15, 0.2) is 0 Å². The summed E-state index contributed by atoms with van der Waals surface area (Å²) >= 11 is 17.9. The minimum atomic E-state index is -0.490. The van der Waals surface area contributed by atoms with Crippen LogP contribution < -0.4 is 10.1 Å². The molecule has 0 aromatic heterocycles. The molecule has 0 bridgehead atoms. The second-order valence-corrected chi connectivity index (χ2v) is 6.97. The maximum absolute atomic E-state index is 13.9. The molecular formula is C20H14Cl3F2NO. The molecule has 0 atom stereocenters. The molecule has 3 aromatic rings. The van der Waals surface area contributed by atoms with Gasteiger partial charge in [-0.05, 0) is 48.5 Å². The third-order valence-electron chi connectivity index (χ3n) is 3.86. The lowest BCUT2D eigenvalue weighted by molar-refractivity contribution is 0.297. The molecule has 7 heteroatoms. The largest absolute Gasteiger partial charge is 0.488 e. The fourth-order valence-electron chi connectivity index (χ4n) is 2.45. The summed E-state index contributed by atoms with van der Waals surface area (Å²) < 4.78 is 32.9. The molecule has 3 aromatic carbocycles. The summed E-state index contributed by atoms with van der Waals surface area (Å²) in [5.74, 6) is -0.396. The van der Waals surface area contributed by atoms with Crippen LogP contribution in [0.5, 0.6) is 5.75 Å². The van der Waals surface area contributed by atoms with E-state index in [0.29, 0.717) is 28.0 Å². The highest BCUT2D eigenvalue weighted by atomic mass is 35.5. The second kappa shape index (κ2) is 8.79. The third kappa shape index (κ3) is 5.04. The van der Waals surface area contributed by atoms with Crippen molar-refractivity contribution in [2.24, 2.45) is 0 Å². The van der Waals surface area contributed by atoms with Gasteiger partial charge in [0.05, 0.1) is 10.0 Å². The van der Waals surface area contributed by atoms with Crippen molar-refractivity contribution in [3.63, 3.8) is 0 Å². The van der Waals surface area contributed by atoms with Gasteiger partial charge in [-0.25, -0.2) is 8.78 Å². The van der Waals surface area contributed by atoms with Crippen LogP contribution in [0.4, 0.5) is 14.5 Å². The number of halogens is 5. The predicted octanol–water partition coefficient (Wildman–Crippen LogP) is 7.12. The molecule has 2 nitrogen and oxygen atoms in total. The van der Waals surface area contributed by atoms with Crippen molar-refractivity contribution in [3.05, 3.63) is 92.4 Å². The number of hydrogen-bond acceptors (Lipinski definition) is 2. The zero-order valence-corrected chi connectivity index (χ0v) is 16.2. The summed E-state index contributed by atoms with van der Waals surface area (Å²) in [6.07, 6.45) is 0. The van der Waals surface area contributed by atoms with Gasteiger partial charge in [-0.3, -0.25) is 0 Å². The van der Waals surface area contributed by atoms with Crippen molar-refractivity contribution in [1.82, 2.24) is 0 Å². The Labute approximate surface area is 170 Å². The van der Waals surface area contributed by atoms with Crippen LogP contribution in [0.25, 0.3) is 0 Å². The Bertz CT molecular complexity index is 946. The lowest BCUT2D eigenvalue weighted by atomic mass is 10.2. The molecule has 0 aliphatic heterocycles. The fourth-order valence-corrected chi connectivity index (χ4v) is 3.04. The van der Waals surface area contributed by atoms with Gasteiger partial charge in [-0.2, -0.15) is 0 Å². The van der Waals surface area contributed by atoms with Gasteiger partial charge in [0.2, 0.25) is 0 Å². The number of ether oxygens (including phenoxy) is 1. The Hall–Kier alpha value is -2.01. The van der Waals surface area contributed by atoms with Crippen molar-refractivity contribution in [3.8, 4) is 5.75 Å². The molecule has 0 saturated heterocycles. The van der Waals surface area contributed by atoms with Gasteiger partial charge in [0.1, 0.15) is 24.0 Å². The molecule has 0 fully saturated rings. The van der Waals surface area contributed by atoms with Gasteiger partial charge < -0.3 is 10.1 Å². The normalized spacial score (nSPS) is 10.7. The molecule has 0 aliphatic rings. The van der Waals surface area contributed by atoms with E-state index in [1.165, 1.54) is 24.3 Å². The summed E-state index contributed by atoms with van der Waals surface area (Å²) in [5, 5.41) is 3.98. The van der Waals surface area contributed by atoms with Gasteiger partial charge >= 0.3 is 0 Å². The number of anilines is 1. The zero-order valence-electron chi connectivity index (χ0n) is 13.9. The standard InChI is InChI=1S/C20H14Cl3F2NO/c21-13-4-7-20(27-11-15-16(22)2-1-3-18(15)24)12(8-13)10-26-14-5-6-19(25)17(23)9-14/h1-9,26H,10-11H2. The lowest BCUT2D eigenvalue weighted by Gasteiger charge is -2.14. The molecule has 3 rings (SSSR count). The average Bonchev–Trinajstić information content (AvgIpc) is 2.63. The van der Waals surface area contributed by atoms with Crippen LogP contribution in [0.2, 0.25) is 15.1 Å². The molecule has 0 heterocycles. The lowest BCUT2D eigenvalue weighted by Crippen LogP contribution is -2.05. The molecule has 0 spiro atoms. The minimum Gasteiger partial charge on any atom is -0.488 e. The SMILES string of the molecule is Fc1ccc(NCc2cc(Cl)ccc2OCc2c(F)cccc2Cl)cc1Cl. The Balaban J connectivity index is 1.75. The molecule has 0 aliphatic carbocycles. The van der Waals surface area contributed by atoms with E-state index in [9.17, 15) is 8.78 Å². The van der Waals surface area contributed by atoms with E-state index in [4.69, 9.17) is 39.5 Å². The summed E-state index contributed by atoms with van der Waals surface area (Å²) in [6, 6.07) is 13.9. The third-order valence-corrected chi connectivity index (χ3v) is 4.74. The summed E-state index contributed by atoms with van der Waals surface area (Å²) in [7, 11) is 0. The Kier molecular flexibility index (Phi) is 6.42. The Morgan fingerprint density at radius 3 is 2.41 bits per heavy atom. The number of nitrogens with one attached hydrogen (secondary N) is 1. The molecule has 0 saturated carbocycles. The maximum Gasteiger partial charge on any atom is 0.141 e. The highest BCUT2D eigenvalue weighted by Crippen LogP contribution is 2.27. The average molecular weight is 429 g/mol. The zero-order chi connectivity index (χ0) is 19.4. The highest BCUT2D eigenvalue weighted by molar-refractivity contribution is 6.31. The van der Waals surface area contributed by atoms with E-state index in [1.54, 1.807) is 30.3 Å². The van der Waals surface area contributed by atoms with Crippen molar-refractivity contribution >= 4 is 40.5 Å². The first kappa shape index (κ1) is 19.7. The molecule has 1 N–H and O–H groups in total. The smallest absolute Gasteiger partial charge is 0.141 e. The van der Waals surface area contributed by atoms with Crippen molar-refractivity contribution in [2.45, 2.75) is 13.2 Å². The van der Waals surface area contributed by atoms with Crippen LogP contribution in [-0.2, 0) is 13.2 Å². The molecular weight excluding hydrogens is 415 g/mol. The van der Waals surface area contributed by atoms with Crippen LogP contribution in [0.1, 0.15) is 11.1 Å². The van der Waals surface area contributed by atoms with Gasteiger partial charge in [0.25, 0.3) is 0 Å². The predicted molar refractivity (Wildman–Crippen MR) is 106 cm³/mol. The molecule has 140 valence electrons. The summed E-state index contributed by atoms with van der Waals surface area (Å²) in [4.78, 5) is 0. The Morgan fingerprint density at radius 1 is 0.852 bits per heavy atom. The number of hydrogen-bond donors (Lipinski definition) is 1. The number of benzene rings is 3. The van der Waals surface area contributed by atoms with Crippen LogP contribution in [0.15, 0.2) is 54.6 Å². The van der Waals surface area contributed by atoms with Gasteiger partial charge in [-0.15, -0.1) is 0 Å². The Morgan fingerprint density at radius 2 is 1.67 bits per heavy atom. The van der Waals surface area contributed by atoms with E-state index in [1.807, 2.05) is 0 Å². The first-order valence-electron chi connectivity index (χ1n) is 7.97. The molecule has 27 heavy (non-hydrogen) atoms. The van der Waals surface area contributed by atoms with Crippen molar-refractivity contribution in [1.29, 1.82) is 0 Å². The fraction of sp³-hybridized carbons (Fsp3) is 0.100. The topological polar surface area (TPSA) is 21.3 Å². The van der Waals surface area contributed by atoms with Crippen molar-refractivity contribution < 1.29 is 13.5 Å². The minimum absolute atomic E-state index is 0.0248. The van der Waals surface area contributed by atoms with Crippen LogP contribution in [0.3, 0.4) is 0 Å². The molecule has 0 unspecified atom stereocenters. The van der Waals surface area contributed by atoms with E-state index >= 15 is 0 Å². The van der Waals surface area contributed by atoms with E-state index in [0.717, 1.165) is 5.56 Å². The van der Waals surface area contributed by atoms with Crippen LogP contribution in [0, 0.1) is 11.6 Å². The van der Waals surface area contributed by atoms with E-state index in [2.05, 4.69) is 5.32 Å². The van der Waals surface area contributed by atoms with Gasteiger partial charge in [-0.1, -0.05) is 40.9 Å². The summed E-state index contributed by atoms with van der Waals surface area (Å²) in [6.45, 7) is 0.325. The molecule has 0 amide bonds. The van der Waals surface area contributed by atoms with Crippen LogP contribution in [-0.4, -0.2) is 0 Å². The second-order valence-electron chi connectivity index (χ2n) is 5.72. The van der Waals surface area contributed by atoms with Gasteiger partial charge in [0, 0.05) is 28.4 Å². The van der Waals surface area contributed by atoms with E-state index in [-0.39, 0.29) is 17.2 Å². The molecule has 0 radical (unpaired) electrons.